The van der Waals surface area contributed by atoms with Crippen molar-refractivity contribution in [2.45, 2.75) is 0 Å². The van der Waals surface area contributed by atoms with Crippen LogP contribution in [0.3, 0.4) is 0 Å². The Kier molecular flexibility index (Phi) is 6.63. The second-order valence-corrected chi connectivity index (χ2v) is 3.63. The molecule has 3 rings (SSSR count). The smallest absolute Gasteiger partial charge is 0 e. The van der Waals surface area contributed by atoms with E-state index in [4.69, 9.17) is 0 Å². The van der Waals surface area contributed by atoms with Crippen molar-refractivity contribution in [3.8, 4) is 0 Å². The van der Waals surface area contributed by atoms with E-state index in [9.17, 15) is 0 Å². The summed E-state index contributed by atoms with van der Waals surface area (Å²) < 4.78 is 0. The number of nitrogens with one attached hydrogen (secondary N) is 1. The minimum atomic E-state index is 0. The van der Waals surface area contributed by atoms with E-state index in [0.717, 1.165) is 11.4 Å². The first-order valence-electron chi connectivity index (χ1n) is 5.65. The Morgan fingerprint density at radius 1 is 0.722 bits per heavy atom. The van der Waals surface area contributed by atoms with Crippen LogP contribution >= 0.6 is 0 Å². The molecule has 1 N–H and O–H groups in total. The van der Waals surface area contributed by atoms with E-state index in [2.05, 4.69) is 5.32 Å². The van der Waals surface area contributed by atoms with E-state index in [1.807, 2.05) is 84.9 Å². The standard InChI is InChI=1S/C11H10N.C5H5.Fe/c1-2-6-10(7-3-1)12-11-8-4-5-9-11;1-2-4-5-3-1;/h1-9,12H;1-5H;/q-1;-5;. The SMILES string of the molecule is [Fe].[cH-]1[cH-][cH-][cH-][cH-]1.c1ccc(N[c-]2cccc2)cc1. The van der Waals surface area contributed by atoms with E-state index in [1.165, 1.54) is 0 Å². The fourth-order valence-corrected chi connectivity index (χ4v) is 1.47. The minimum Gasteiger partial charge on any atom is -0.748 e. The second-order valence-electron chi connectivity index (χ2n) is 3.63. The van der Waals surface area contributed by atoms with Crippen LogP contribution in [0.5, 0.6) is 0 Å². The molecular weight excluding hydrogens is 262 g/mol. The molecule has 0 amide bonds. The summed E-state index contributed by atoms with van der Waals surface area (Å²) in [6.07, 6.45) is 0. The van der Waals surface area contributed by atoms with Crippen molar-refractivity contribution in [3.05, 3.63) is 84.9 Å². The summed E-state index contributed by atoms with van der Waals surface area (Å²) in [5, 5.41) is 3.28. The average molecular weight is 277 g/mol. The Bertz CT molecular complexity index is 466. The summed E-state index contributed by atoms with van der Waals surface area (Å²) in [4.78, 5) is 0. The Morgan fingerprint density at radius 3 is 1.72 bits per heavy atom. The number of hydrogen-bond acceptors (Lipinski definition) is 1. The van der Waals surface area contributed by atoms with Crippen LogP contribution in [0.4, 0.5) is 11.4 Å². The molecule has 0 atom stereocenters. The molecular formula is C16H15FeN-6. The maximum atomic E-state index is 3.28. The first-order valence-corrected chi connectivity index (χ1v) is 5.65. The van der Waals surface area contributed by atoms with Gasteiger partial charge in [-0.2, -0.15) is 12.1 Å². The normalized spacial score (nSPS) is 8.67. The quantitative estimate of drug-likeness (QED) is 0.535. The summed E-state index contributed by atoms with van der Waals surface area (Å²) in [5.41, 5.74) is 2.27. The first-order chi connectivity index (χ1) is 8.45. The summed E-state index contributed by atoms with van der Waals surface area (Å²) in [7, 11) is 0. The van der Waals surface area contributed by atoms with E-state index in [-0.39, 0.29) is 17.1 Å². The van der Waals surface area contributed by atoms with Crippen molar-refractivity contribution >= 4 is 11.4 Å². The first kappa shape index (κ1) is 14.3. The summed E-state index contributed by atoms with van der Waals surface area (Å²) in [6, 6.07) is 28.3. The average Bonchev–Trinajstić information content (AvgIpc) is 3.06. The van der Waals surface area contributed by atoms with Gasteiger partial charge in [0.25, 0.3) is 0 Å². The number of anilines is 2. The van der Waals surface area contributed by atoms with Gasteiger partial charge in [-0.05, 0) is 5.69 Å². The predicted octanol–water partition coefficient (Wildman–Crippen LogP) is 4.55. The number of para-hydroxylation sites is 1. The third-order valence-electron chi connectivity index (χ3n) is 2.28. The fourth-order valence-electron chi connectivity index (χ4n) is 1.47. The molecule has 98 valence electrons. The van der Waals surface area contributed by atoms with Crippen molar-refractivity contribution in [2.75, 3.05) is 5.32 Å². The largest absolute Gasteiger partial charge is 0.748 e. The van der Waals surface area contributed by atoms with Crippen LogP contribution in [0.15, 0.2) is 84.9 Å². The van der Waals surface area contributed by atoms with Crippen LogP contribution in [0.25, 0.3) is 0 Å². The predicted molar refractivity (Wildman–Crippen MR) is 73.8 cm³/mol. The molecule has 3 aromatic rings. The van der Waals surface area contributed by atoms with Gasteiger partial charge in [-0.1, -0.05) is 36.0 Å². The van der Waals surface area contributed by atoms with Gasteiger partial charge in [-0.25, -0.2) is 0 Å². The Hall–Kier alpha value is -1.76. The summed E-state index contributed by atoms with van der Waals surface area (Å²) in [6.45, 7) is 0. The van der Waals surface area contributed by atoms with Crippen LogP contribution in [0.1, 0.15) is 0 Å². The van der Waals surface area contributed by atoms with Crippen molar-refractivity contribution in [1.29, 1.82) is 0 Å². The van der Waals surface area contributed by atoms with Gasteiger partial charge >= 0.3 is 0 Å². The summed E-state index contributed by atoms with van der Waals surface area (Å²) >= 11 is 0. The number of benzene rings is 1. The van der Waals surface area contributed by atoms with Gasteiger partial charge < -0.3 is 35.6 Å². The molecule has 0 aliphatic rings. The third-order valence-corrected chi connectivity index (χ3v) is 2.28. The van der Waals surface area contributed by atoms with Gasteiger partial charge in [-0.15, -0.1) is 12.1 Å². The van der Waals surface area contributed by atoms with Gasteiger partial charge in [0.15, 0.2) is 0 Å². The Morgan fingerprint density at radius 2 is 1.22 bits per heavy atom. The molecule has 0 bridgehead atoms. The molecule has 0 heterocycles. The molecule has 18 heavy (non-hydrogen) atoms. The van der Waals surface area contributed by atoms with Gasteiger partial charge in [-0.3, -0.25) is 0 Å². The van der Waals surface area contributed by atoms with E-state index >= 15 is 0 Å². The van der Waals surface area contributed by atoms with Gasteiger partial charge in [0.1, 0.15) is 0 Å². The van der Waals surface area contributed by atoms with Crippen LogP contribution in [-0.2, 0) is 17.1 Å². The van der Waals surface area contributed by atoms with Crippen molar-refractivity contribution < 1.29 is 17.1 Å². The minimum absolute atomic E-state index is 0. The number of hydrogen-bond donors (Lipinski definition) is 1. The van der Waals surface area contributed by atoms with E-state index in [1.54, 1.807) is 0 Å². The molecule has 1 nitrogen and oxygen atoms in total. The molecule has 0 spiro atoms. The third kappa shape index (κ3) is 5.05. The van der Waals surface area contributed by atoms with Crippen LogP contribution < -0.4 is 5.32 Å². The molecule has 0 saturated heterocycles. The molecule has 0 aromatic heterocycles. The molecule has 2 heteroatoms. The van der Waals surface area contributed by atoms with E-state index in [0.29, 0.717) is 0 Å². The van der Waals surface area contributed by atoms with Crippen molar-refractivity contribution in [1.82, 2.24) is 0 Å². The second kappa shape index (κ2) is 8.35. The molecule has 0 fully saturated rings. The fraction of sp³-hybridized carbons (Fsp3) is 0. The van der Waals surface area contributed by atoms with Crippen molar-refractivity contribution in [2.24, 2.45) is 0 Å². The molecule has 0 saturated carbocycles. The van der Waals surface area contributed by atoms with Gasteiger partial charge in [0, 0.05) is 17.1 Å². The topological polar surface area (TPSA) is 12.0 Å². The van der Waals surface area contributed by atoms with Gasteiger partial charge in [0.2, 0.25) is 0 Å². The van der Waals surface area contributed by atoms with Crippen molar-refractivity contribution in [3.63, 3.8) is 0 Å². The summed E-state index contributed by atoms with van der Waals surface area (Å²) in [5.74, 6) is 0. The van der Waals surface area contributed by atoms with Crippen LogP contribution in [-0.4, -0.2) is 0 Å². The van der Waals surface area contributed by atoms with E-state index < -0.39 is 0 Å². The zero-order chi connectivity index (χ0) is 11.8. The maximum Gasteiger partial charge on any atom is 0 e. The number of rotatable bonds is 2. The Labute approximate surface area is 119 Å². The molecule has 0 radical (unpaired) electrons. The monoisotopic (exact) mass is 277 g/mol. The Balaban J connectivity index is 0.000000230. The van der Waals surface area contributed by atoms with Crippen LogP contribution in [0, 0.1) is 0 Å². The zero-order valence-electron chi connectivity index (χ0n) is 9.94. The molecule has 3 aromatic carbocycles. The molecule has 0 aliphatic heterocycles. The maximum absolute atomic E-state index is 3.28. The molecule has 0 unspecified atom stereocenters. The zero-order valence-corrected chi connectivity index (χ0v) is 11.0. The van der Waals surface area contributed by atoms with Crippen LogP contribution in [0.2, 0.25) is 0 Å². The van der Waals surface area contributed by atoms with Gasteiger partial charge in [0.05, 0.1) is 0 Å². The molecule has 0 aliphatic carbocycles.